The highest BCUT2D eigenvalue weighted by molar-refractivity contribution is 5.93. The van der Waals surface area contributed by atoms with Crippen molar-refractivity contribution in [3.05, 3.63) is 78.4 Å². The molecule has 3 aromatic carbocycles. The van der Waals surface area contributed by atoms with Crippen LogP contribution in [0.5, 0.6) is 5.75 Å². The number of aryl methyl sites for hydroxylation is 1. The highest BCUT2D eigenvalue weighted by Gasteiger charge is 2.14. The van der Waals surface area contributed by atoms with E-state index >= 15 is 0 Å². The Bertz CT molecular complexity index is 1070. The Morgan fingerprint density at radius 3 is 2.31 bits per heavy atom. The van der Waals surface area contributed by atoms with Gasteiger partial charge in [-0.15, -0.1) is 0 Å². The number of rotatable bonds is 8. The van der Waals surface area contributed by atoms with Gasteiger partial charge in [-0.1, -0.05) is 36.4 Å². The smallest absolute Gasteiger partial charge is 0.119 e. The molecule has 0 amide bonds. The predicted octanol–water partition coefficient (Wildman–Crippen LogP) is 6.18. The topological polar surface area (TPSA) is 51.0 Å². The molecular formula is C26H28N2O. The number of nitrogens with one attached hydrogen (secondary N) is 1. The zero-order valence-corrected chi connectivity index (χ0v) is 16.9. The molecule has 3 nitrogen and oxygen atoms in total. The standard InChI is InChI=1S/C26H28N2O/c1-2-29-22-14-11-20(12-15-22)26-23(10-6-7-17-27)24-18-21(13-16-25(24)28-26)19-8-4-3-5-9-19/h3-5,8-9,11-16,18,28H,2,6-7,10,17,27H2,1H3. The van der Waals surface area contributed by atoms with Crippen molar-refractivity contribution in [2.75, 3.05) is 13.2 Å². The van der Waals surface area contributed by atoms with Crippen molar-refractivity contribution in [2.45, 2.75) is 26.2 Å². The fourth-order valence-electron chi connectivity index (χ4n) is 3.89. The number of unbranched alkanes of at least 4 members (excludes halogenated alkanes) is 1. The van der Waals surface area contributed by atoms with Crippen LogP contribution in [0.3, 0.4) is 0 Å². The fourth-order valence-corrected chi connectivity index (χ4v) is 3.89. The van der Waals surface area contributed by atoms with Gasteiger partial charge in [-0.2, -0.15) is 0 Å². The van der Waals surface area contributed by atoms with Gasteiger partial charge in [-0.3, -0.25) is 0 Å². The van der Waals surface area contributed by atoms with Gasteiger partial charge in [-0.05, 0) is 91.4 Å². The van der Waals surface area contributed by atoms with E-state index in [9.17, 15) is 0 Å². The average molecular weight is 385 g/mol. The number of hydrogen-bond acceptors (Lipinski definition) is 2. The molecule has 0 bridgehead atoms. The quantitative estimate of drug-likeness (QED) is 0.356. The number of nitrogens with two attached hydrogens (primary N) is 1. The second-order valence-electron chi connectivity index (χ2n) is 7.31. The Labute approximate surface area is 172 Å². The number of ether oxygens (including phenoxy) is 1. The molecule has 29 heavy (non-hydrogen) atoms. The molecule has 0 fully saturated rings. The van der Waals surface area contributed by atoms with Gasteiger partial charge >= 0.3 is 0 Å². The lowest BCUT2D eigenvalue weighted by Crippen LogP contribution is -1.99. The minimum atomic E-state index is 0.679. The van der Waals surface area contributed by atoms with Crippen LogP contribution in [0, 0.1) is 0 Å². The van der Waals surface area contributed by atoms with E-state index in [2.05, 4.69) is 65.6 Å². The van der Waals surface area contributed by atoms with Crippen LogP contribution in [0.25, 0.3) is 33.3 Å². The molecule has 148 valence electrons. The van der Waals surface area contributed by atoms with Crippen molar-refractivity contribution in [3.63, 3.8) is 0 Å². The molecule has 0 aliphatic carbocycles. The van der Waals surface area contributed by atoms with Gasteiger partial charge in [0.05, 0.1) is 6.61 Å². The maximum Gasteiger partial charge on any atom is 0.119 e. The second-order valence-corrected chi connectivity index (χ2v) is 7.31. The van der Waals surface area contributed by atoms with E-state index in [1.54, 1.807) is 0 Å². The zero-order chi connectivity index (χ0) is 20.1. The van der Waals surface area contributed by atoms with Crippen LogP contribution in [-0.2, 0) is 6.42 Å². The first-order chi connectivity index (χ1) is 14.3. The third-order valence-corrected chi connectivity index (χ3v) is 5.35. The maximum absolute atomic E-state index is 5.75. The van der Waals surface area contributed by atoms with Gasteiger partial charge in [-0.25, -0.2) is 0 Å². The van der Waals surface area contributed by atoms with Crippen LogP contribution < -0.4 is 10.5 Å². The van der Waals surface area contributed by atoms with Crippen LogP contribution in [-0.4, -0.2) is 18.1 Å². The highest BCUT2D eigenvalue weighted by atomic mass is 16.5. The molecule has 3 N–H and O–H groups in total. The molecule has 0 aliphatic rings. The van der Waals surface area contributed by atoms with Gasteiger partial charge in [0.15, 0.2) is 0 Å². The lowest BCUT2D eigenvalue weighted by atomic mass is 9.97. The summed E-state index contributed by atoms with van der Waals surface area (Å²) in [4.78, 5) is 3.67. The van der Waals surface area contributed by atoms with Gasteiger partial charge in [0.2, 0.25) is 0 Å². The first kappa shape index (κ1) is 19.3. The molecule has 0 aliphatic heterocycles. The van der Waals surface area contributed by atoms with E-state index < -0.39 is 0 Å². The number of benzene rings is 3. The highest BCUT2D eigenvalue weighted by Crippen LogP contribution is 2.35. The third kappa shape index (κ3) is 4.20. The number of hydrogen-bond donors (Lipinski definition) is 2. The zero-order valence-electron chi connectivity index (χ0n) is 16.9. The summed E-state index contributed by atoms with van der Waals surface area (Å²) < 4.78 is 5.61. The molecule has 0 saturated carbocycles. The minimum absolute atomic E-state index is 0.679. The summed E-state index contributed by atoms with van der Waals surface area (Å²) in [6, 6.07) is 25.6. The molecular weight excluding hydrogens is 356 g/mol. The normalized spacial score (nSPS) is 11.1. The lowest BCUT2D eigenvalue weighted by Gasteiger charge is -2.08. The van der Waals surface area contributed by atoms with Gasteiger partial charge in [0.25, 0.3) is 0 Å². The second kappa shape index (κ2) is 8.97. The van der Waals surface area contributed by atoms with Crippen LogP contribution in [0.4, 0.5) is 0 Å². The van der Waals surface area contributed by atoms with Crippen LogP contribution >= 0.6 is 0 Å². The van der Waals surface area contributed by atoms with Gasteiger partial charge < -0.3 is 15.5 Å². The summed E-state index contributed by atoms with van der Waals surface area (Å²) in [6.07, 6.45) is 3.13. The van der Waals surface area contributed by atoms with Crippen molar-refractivity contribution in [1.82, 2.24) is 4.98 Å². The fraction of sp³-hybridized carbons (Fsp3) is 0.231. The van der Waals surface area contributed by atoms with Crippen LogP contribution in [0.1, 0.15) is 25.3 Å². The van der Waals surface area contributed by atoms with E-state index in [1.165, 1.54) is 38.9 Å². The summed E-state index contributed by atoms with van der Waals surface area (Å²) >= 11 is 0. The Balaban J connectivity index is 1.79. The molecule has 1 aromatic heterocycles. The predicted molar refractivity (Wildman–Crippen MR) is 122 cm³/mol. The molecule has 0 spiro atoms. The van der Waals surface area contributed by atoms with E-state index in [-0.39, 0.29) is 0 Å². The van der Waals surface area contributed by atoms with Gasteiger partial charge in [0.1, 0.15) is 5.75 Å². The minimum Gasteiger partial charge on any atom is -0.494 e. The van der Waals surface area contributed by atoms with Crippen molar-refractivity contribution in [3.8, 4) is 28.1 Å². The van der Waals surface area contributed by atoms with Crippen molar-refractivity contribution >= 4 is 10.9 Å². The Hall–Kier alpha value is -3.04. The monoisotopic (exact) mass is 384 g/mol. The Kier molecular flexibility index (Phi) is 5.97. The number of fused-ring (bicyclic) bond motifs is 1. The summed E-state index contributed by atoms with van der Waals surface area (Å²) in [5.41, 5.74) is 13.2. The number of aromatic nitrogens is 1. The molecule has 0 atom stereocenters. The van der Waals surface area contributed by atoms with Crippen molar-refractivity contribution in [1.29, 1.82) is 0 Å². The molecule has 4 aromatic rings. The van der Waals surface area contributed by atoms with Crippen LogP contribution in [0.2, 0.25) is 0 Å². The third-order valence-electron chi connectivity index (χ3n) is 5.35. The van der Waals surface area contributed by atoms with E-state index in [0.29, 0.717) is 6.61 Å². The first-order valence-electron chi connectivity index (χ1n) is 10.4. The molecule has 0 unspecified atom stereocenters. The van der Waals surface area contributed by atoms with E-state index in [1.807, 2.05) is 19.1 Å². The lowest BCUT2D eigenvalue weighted by molar-refractivity contribution is 0.340. The molecule has 4 rings (SSSR count). The molecule has 0 radical (unpaired) electrons. The summed E-state index contributed by atoms with van der Waals surface area (Å²) in [5.74, 6) is 0.906. The molecule has 0 saturated heterocycles. The first-order valence-corrected chi connectivity index (χ1v) is 10.4. The van der Waals surface area contributed by atoms with E-state index in [0.717, 1.165) is 31.6 Å². The molecule has 1 heterocycles. The maximum atomic E-state index is 5.75. The Morgan fingerprint density at radius 2 is 1.59 bits per heavy atom. The SMILES string of the molecule is CCOc1ccc(-c2[nH]c3ccc(-c4ccccc4)cc3c2CCCCN)cc1. The van der Waals surface area contributed by atoms with Crippen LogP contribution in [0.15, 0.2) is 72.8 Å². The Morgan fingerprint density at radius 1 is 0.828 bits per heavy atom. The number of aromatic amines is 1. The van der Waals surface area contributed by atoms with Crippen molar-refractivity contribution in [2.24, 2.45) is 5.73 Å². The average Bonchev–Trinajstić information content (AvgIpc) is 3.13. The van der Waals surface area contributed by atoms with E-state index in [4.69, 9.17) is 10.5 Å². The van der Waals surface area contributed by atoms with Gasteiger partial charge in [0, 0.05) is 16.6 Å². The summed E-state index contributed by atoms with van der Waals surface area (Å²) in [6.45, 7) is 3.42. The largest absolute Gasteiger partial charge is 0.494 e. The van der Waals surface area contributed by atoms with Crippen molar-refractivity contribution < 1.29 is 4.74 Å². The summed E-state index contributed by atoms with van der Waals surface area (Å²) in [5, 5.41) is 1.30. The molecule has 3 heteroatoms. The number of H-pyrrole nitrogens is 1. The summed E-state index contributed by atoms with van der Waals surface area (Å²) in [7, 11) is 0.